The van der Waals surface area contributed by atoms with Gasteiger partial charge in [-0.05, 0) is 42.6 Å². The van der Waals surface area contributed by atoms with Crippen LogP contribution in [0.1, 0.15) is 57.4 Å². The van der Waals surface area contributed by atoms with Gasteiger partial charge in [0.1, 0.15) is 0 Å². The largest absolute Gasteiger partial charge is 0.311 e. The summed E-state index contributed by atoms with van der Waals surface area (Å²) >= 11 is 0. The quantitative estimate of drug-likeness (QED) is 0.849. The molecule has 2 saturated carbocycles. The van der Waals surface area contributed by atoms with Crippen molar-refractivity contribution < 1.29 is 0 Å². The second kappa shape index (κ2) is 5.66. The van der Waals surface area contributed by atoms with Crippen LogP contribution in [0.2, 0.25) is 0 Å². The highest BCUT2D eigenvalue weighted by Crippen LogP contribution is 2.38. The zero-order valence-electron chi connectivity index (χ0n) is 12.3. The predicted octanol–water partition coefficient (Wildman–Crippen LogP) is 4.35. The molecule has 0 aromatic heterocycles. The van der Waals surface area contributed by atoms with Crippen molar-refractivity contribution >= 4 is 0 Å². The molecule has 2 aliphatic rings. The molecular weight excluding hydrogens is 230 g/mol. The molecule has 0 radical (unpaired) electrons. The van der Waals surface area contributed by atoms with Gasteiger partial charge in [0, 0.05) is 12.1 Å². The first-order valence-corrected chi connectivity index (χ1v) is 8.05. The van der Waals surface area contributed by atoms with Crippen LogP contribution in [0.5, 0.6) is 0 Å². The van der Waals surface area contributed by atoms with E-state index in [0.29, 0.717) is 0 Å². The minimum Gasteiger partial charge on any atom is -0.311 e. The number of hydrogen-bond donors (Lipinski definition) is 1. The SMILES string of the molecule is CC1CCCC(NC2CC(c3ccccc3)C2)C1C. The van der Waals surface area contributed by atoms with Crippen LogP contribution in [-0.4, -0.2) is 12.1 Å². The lowest BCUT2D eigenvalue weighted by atomic mass is 9.73. The molecule has 1 aromatic carbocycles. The molecule has 1 aromatic rings. The van der Waals surface area contributed by atoms with Gasteiger partial charge in [0.25, 0.3) is 0 Å². The number of benzene rings is 1. The Labute approximate surface area is 117 Å². The summed E-state index contributed by atoms with van der Waals surface area (Å²) < 4.78 is 0. The first kappa shape index (κ1) is 13.2. The molecule has 19 heavy (non-hydrogen) atoms. The topological polar surface area (TPSA) is 12.0 Å². The van der Waals surface area contributed by atoms with Crippen molar-refractivity contribution in [3.05, 3.63) is 35.9 Å². The molecule has 3 atom stereocenters. The summed E-state index contributed by atoms with van der Waals surface area (Å²) in [5.41, 5.74) is 1.53. The van der Waals surface area contributed by atoms with Gasteiger partial charge in [-0.25, -0.2) is 0 Å². The second-order valence-corrected chi connectivity index (χ2v) is 6.82. The molecule has 0 spiro atoms. The predicted molar refractivity (Wildman–Crippen MR) is 81.3 cm³/mol. The Morgan fingerprint density at radius 2 is 1.74 bits per heavy atom. The molecule has 104 valence electrons. The average molecular weight is 257 g/mol. The Kier molecular flexibility index (Phi) is 3.93. The average Bonchev–Trinajstić information content (AvgIpc) is 2.39. The van der Waals surface area contributed by atoms with Gasteiger partial charge in [-0.2, -0.15) is 0 Å². The molecule has 0 saturated heterocycles. The van der Waals surface area contributed by atoms with Gasteiger partial charge in [0.15, 0.2) is 0 Å². The molecule has 2 fully saturated rings. The molecule has 0 bridgehead atoms. The molecule has 3 unspecified atom stereocenters. The molecule has 2 aliphatic carbocycles. The van der Waals surface area contributed by atoms with E-state index < -0.39 is 0 Å². The van der Waals surface area contributed by atoms with Gasteiger partial charge >= 0.3 is 0 Å². The van der Waals surface area contributed by atoms with E-state index in [1.165, 1.54) is 37.7 Å². The van der Waals surface area contributed by atoms with Crippen LogP contribution in [0.3, 0.4) is 0 Å². The van der Waals surface area contributed by atoms with Crippen molar-refractivity contribution in [3.63, 3.8) is 0 Å². The Hall–Kier alpha value is -0.820. The first-order chi connectivity index (χ1) is 9.24. The second-order valence-electron chi connectivity index (χ2n) is 6.82. The van der Waals surface area contributed by atoms with Crippen molar-refractivity contribution in [3.8, 4) is 0 Å². The Bertz CT molecular complexity index is 393. The van der Waals surface area contributed by atoms with E-state index in [1.807, 2.05) is 0 Å². The molecule has 0 aliphatic heterocycles. The van der Waals surface area contributed by atoms with Crippen LogP contribution in [0.4, 0.5) is 0 Å². The fourth-order valence-corrected chi connectivity index (χ4v) is 3.87. The fraction of sp³-hybridized carbons (Fsp3) is 0.667. The summed E-state index contributed by atoms with van der Waals surface area (Å²) in [5, 5.41) is 3.94. The summed E-state index contributed by atoms with van der Waals surface area (Å²) in [4.78, 5) is 0. The number of hydrogen-bond acceptors (Lipinski definition) is 1. The van der Waals surface area contributed by atoms with E-state index in [2.05, 4.69) is 49.5 Å². The van der Waals surface area contributed by atoms with E-state index in [0.717, 1.165) is 29.8 Å². The third-order valence-corrected chi connectivity index (χ3v) is 5.57. The van der Waals surface area contributed by atoms with E-state index in [9.17, 15) is 0 Å². The maximum Gasteiger partial charge on any atom is 0.00978 e. The Balaban J connectivity index is 1.49. The normalized spacial score (nSPS) is 38.7. The van der Waals surface area contributed by atoms with Crippen molar-refractivity contribution in [1.82, 2.24) is 5.32 Å². The number of rotatable bonds is 3. The Morgan fingerprint density at radius 3 is 2.47 bits per heavy atom. The molecule has 1 N–H and O–H groups in total. The zero-order chi connectivity index (χ0) is 13.2. The fourth-order valence-electron chi connectivity index (χ4n) is 3.87. The zero-order valence-corrected chi connectivity index (χ0v) is 12.3. The van der Waals surface area contributed by atoms with Crippen LogP contribution >= 0.6 is 0 Å². The third-order valence-electron chi connectivity index (χ3n) is 5.57. The molecule has 1 nitrogen and oxygen atoms in total. The third kappa shape index (κ3) is 2.86. The molecule has 0 heterocycles. The lowest BCUT2D eigenvalue weighted by Crippen LogP contribution is -2.50. The highest BCUT2D eigenvalue weighted by atomic mass is 15.0. The van der Waals surface area contributed by atoms with Crippen LogP contribution in [0.15, 0.2) is 30.3 Å². The highest BCUT2D eigenvalue weighted by molar-refractivity contribution is 5.22. The lowest BCUT2D eigenvalue weighted by Gasteiger charge is -2.43. The van der Waals surface area contributed by atoms with E-state index in [4.69, 9.17) is 0 Å². The Morgan fingerprint density at radius 1 is 1.00 bits per heavy atom. The highest BCUT2D eigenvalue weighted by Gasteiger charge is 2.34. The van der Waals surface area contributed by atoms with Crippen molar-refractivity contribution in [2.75, 3.05) is 0 Å². The van der Waals surface area contributed by atoms with E-state index in [-0.39, 0.29) is 0 Å². The van der Waals surface area contributed by atoms with Gasteiger partial charge in [0.2, 0.25) is 0 Å². The maximum absolute atomic E-state index is 3.94. The summed E-state index contributed by atoms with van der Waals surface area (Å²) in [5.74, 6) is 2.55. The summed E-state index contributed by atoms with van der Waals surface area (Å²) in [6.07, 6.45) is 6.90. The van der Waals surface area contributed by atoms with Crippen molar-refractivity contribution in [1.29, 1.82) is 0 Å². The van der Waals surface area contributed by atoms with Gasteiger partial charge in [-0.3, -0.25) is 0 Å². The summed E-state index contributed by atoms with van der Waals surface area (Å²) in [6.45, 7) is 4.86. The monoisotopic (exact) mass is 257 g/mol. The van der Waals surface area contributed by atoms with Crippen LogP contribution in [0, 0.1) is 11.8 Å². The standard InChI is InChI=1S/C18H27N/c1-13-7-6-10-18(14(13)2)19-17-11-16(12-17)15-8-4-3-5-9-15/h3-5,8-9,13-14,16-19H,6-7,10-12H2,1-2H3. The van der Waals surface area contributed by atoms with Crippen LogP contribution in [0.25, 0.3) is 0 Å². The van der Waals surface area contributed by atoms with Gasteiger partial charge < -0.3 is 5.32 Å². The van der Waals surface area contributed by atoms with Crippen molar-refractivity contribution in [2.45, 2.75) is 64.0 Å². The molecule has 0 amide bonds. The first-order valence-electron chi connectivity index (χ1n) is 8.05. The number of nitrogens with one attached hydrogen (secondary N) is 1. The van der Waals surface area contributed by atoms with Gasteiger partial charge in [-0.1, -0.05) is 57.0 Å². The van der Waals surface area contributed by atoms with Crippen LogP contribution in [-0.2, 0) is 0 Å². The van der Waals surface area contributed by atoms with Gasteiger partial charge in [0.05, 0.1) is 0 Å². The molecular formula is C18H27N. The maximum atomic E-state index is 3.94. The van der Waals surface area contributed by atoms with Crippen molar-refractivity contribution in [2.24, 2.45) is 11.8 Å². The smallest absolute Gasteiger partial charge is 0.00978 e. The van der Waals surface area contributed by atoms with E-state index >= 15 is 0 Å². The van der Waals surface area contributed by atoms with E-state index in [1.54, 1.807) is 0 Å². The lowest BCUT2D eigenvalue weighted by molar-refractivity contribution is 0.162. The minimum absolute atomic E-state index is 0.767. The summed E-state index contributed by atoms with van der Waals surface area (Å²) in [6, 6.07) is 12.6. The van der Waals surface area contributed by atoms with Crippen LogP contribution < -0.4 is 5.32 Å². The summed E-state index contributed by atoms with van der Waals surface area (Å²) in [7, 11) is 0. The van der Waals surface area contributed by atoms with Gasteiger partial charge in [-0.15, -0.1) is 0 Å². The minimum atomic E-state index is 0.767. The molecule has 3 rings (SSSR count). The molecule has 1 heteroatoms.